The van der Waals surface area contributed by atoms with E-state index in [9.17, 15) is 24.0 Å². The van der Waals surface area contributed by atoms with E-state index >= 15 is 0 Å². The maximum Gasteiger partial charge on any atom is 0.308 e. The first-order valence-corrected chi connectivity index (χ1v) is 45.8. The van der Waals surface area contributed by atoms with E-state index in [2.05, 4.69) is 93.7 Å². The lowest BCUT2D eigenvalue weighted by molar-refractivity contribution is -0.150. The van der Waals surface area contributed by atoms with Gasteiger partial charge in [-0.2, -0.15) is 0 Å². The van der Waals surface area contributed by atoms with Gasteiger partial charge in [0.15, 0.2) is 0 Å². The third kappa shape index (κ3) is 56.9. The summed E-state index contributed by atoms with van der Waals surface area (Å²) in [4.78, 5) is 80.3. The lowest BCUT2D eigenvalue weighted by Gasteiger charge is -2.37. The Kier molecular flexibility index (Phi) is 70.5. The minimum absolute atomic E-state index is 0.00234. The van der Waals surface area contributed by atoms with Gasteiger partial charge in [0.2, 0.25) is 0 Å². The summed E-state index contributed by atoms with van der Waals surface area (Å²) in [6.07, 6.45) is 52.7. The minimum Gasteiger partial charge on any atom is -0.465 e. The predicted octanol–water partition coefficient (Wildman–Crippen LogP) is 22.0. The van der Waals surface area contributed by atoms with Crippen molar-refractivity contribution in [3.8, 4) is 0 Å². The molecule has 1 heterocycles. The molecule has 0 saturated carbocycles. The van der Waals surface area contributed by atoms with Crippen molar-refractivity contribution < 1.29 is 47.7 Å². The third-order valence-electron chi connectivity index (χ3n) is 22.5. The molecule has 15 nitrogen and oxygen atoms in total. The second-order valence-corrected chi connectivity index (χ2v) is 32.0. The number of carbonyl (C=O) groups is 5. The van der Waals surface area contributed by atoms with Gasteiger partial charge in [0.05, 0.1) is 62.6 Å². The number of hydrogen-bond acceptors (Lipinski definition) is 15. The quantitative estimate of drug-likeness (QED) is 0.0323. The molecule has 0 spiro atoms. The first-order valence-electron chi connectivity index (χ1n) is 45.8. The van der Waals surface area contributed by atoms with E-state index < -0.39 is 0 Å². The average Bonchev–Trinajstić information content (AvgIpc) is 0.925. The van der Waals surface area contributed by atoms with Gasteiger partial charge in [-0.3, -0.25) is 33.8 Å². The molecular formula is C90H175N5O10. The molecular weight excluding hydrogens is 1310 g/mol. The Morgan fingerprint density at radius 3 is 0.600 bits per heavy atom. The molecule has 1 aliphatic heterocycles. The van der Waals surface area contributed by atoms with Gasteiger partial charge >= 0.3 is 29.8 Å². The van der Waals surface area contributed by atoms with Crippen molar-refractivity contribution in [3.63, 3.8) is 0 Å². The number of piperazine rings is 1. The first kappa shape index (κ1) is 100. The van der Waals surface area contributed by atoms with E-state index in [-0.39, 0.29) is 59.4 Å². The van der Waals surface area contributed by atoms with Crippen molar-refractivity contribution >= 4 is 29.8 Å². The largest absolute Gasteiger partial charge is 0.465 e. The van der Waals surface area contributed by atoms with Crippen molar-refractivity contribution in [2.45, 2.75) is 390 Å². The van der Waals surface area contributed by atoms with Gasteiger partial charge in [0.1, 0.15) is 0 Å². The molecule has 1 saturated heterocycles. The number of esters is 5. The fraction of sp³-hybridized carbons (Fsp3) is 0.944. The Bertz CT molecular complexity index is 1870. The molecule has 1 aliphatic rings. The molecule has 15 heteroatoms. The fourth-order valence-corrected chi connectivity index (χ4v) is 15.0. The number of ether oxygens (including phenoxy) is 5. The summed E-state index contributed by atoms with van der Waals surface area (Å²) < 4.78 is 30.1. The zero-order chi connectivity index (χ0) is 76.7. The number of unbranched alkanes of at least 4 members (excludes halogenated alkanes) is 25. The second kappa shape index (κ2) is 73.9. The molecule has 0 bridgehead atoms. The highest BCUT2D eigenvalue weighted by atomic mass is 16.5. The van der Waals surface area contributed by atoms with E-state index in [0.29, 0.717) is 33.0 Å². The maximum atomic E-state index is 13.5. The lowest BCUT2D eigenvalue weighted by atomic mass is 9.95. The Labute approximate surface area is 649 Å². The summed E-state index contributed by atoms with van der Waals surface area (Å²) >= 11 is 0. The van der Waals surface area contributed by atoms with Gasteiger partial charge in [-0.1, -0.05) is 262 Å². The summed E-state index contributed by atoms with van der Waals surface area (Å²) in [5.41, 5.74) is 0. The first-order chi connectivity index (χ1) is 51.4. The topological polar surface area (TPSA) is 148 Å². The maximum absolute atomic E-state index is 13.5. The fourth-order valence-electron chi connectivity index (χ4n) is 15.0. The van der Waals surface area contributed by atoms with Gasteiger partial charge in [-0.05, 0) is 161 Å². The zero-order valence-electron chi connectivity index (χ0n) is 71.2. The van der Waals surface area contributed by atoms with Crippen LogP contribution in [0.25, 0.3) is 0 Å². The van der Waals surface area contributed by atoms with Gasteiger partial charge in [0.25, 0.3) is 0 Å². The highest BCUT2D eigenvalue weighted by Gasteiger charge is 2.26. The van der Waals surface area contributed by atoms with Gasteiger partial charge in [-0.25, -0.2) is 0 Å². The number of rotatable bonds is 79. The smallest absolute Gasteiger partial charge is 0.308 e. The number of nitrogens with zero attached hydrogens (tertiary/aromatic N) is 5. The molecule has 1 rings (SSSR count). The van der Waals surface area contributed by atoms with Crippen LogP contribution in [0.15, 0.2) is 0 Å². The molecule has 105 heavy (non-hydrogen) atoms. The Morgan fingerprint density at radius 2 is 0.400 bits per heavy atom. The average molecular weight is 1490 g/mol. The summed E-state index contributed by atoms with van der Waals surface area (Å²) in [5, 5.41) is 0. The van der Waals surface area contributed by atoms with Crippen LogP contribution >= 0.6 is 0 Å². The van der Waals surface area contributed by atoms with Crippen LogP contribution in [0.3, 0.4) is 0 Å². The summed E-state index contributed by atoms with van der Waals surface area (Å²) in [6, 6.07) is 0. The molecule has 5 atom stereocenters. The number of carbonyl (C=O) groups excluding carboxylic acids is 5. The van der Waals surface area contributed by atoms with E-state index in [1.54, 1.807) is 0 Å². The van der Waals surface area contributed by atoms with Gasteiger partial charge in [-0.15, -0.1) is 0 Å². The van der Waals surface area contributed by atoms with Crippen LogP contribution in [0.2, 0.25) is 0 Å². The molecule has 0 aromatic carbocycles. The molecule has 0 N–H and O–H groups in total. The Balaban J connectivity index is 3.28. The molecule has 0 aromatic rings. The Hall–Kier alpha value is -2.85. The molecule has 0 aliphatic carbocycles. The summed E-state index contributed by atoms with van der Waals surface area (Å²) in [5.74, 6) is 0.0796. The van der Waals surface area contributed by atoms with Crippen LogP contribution in [0.4, 0.5) is 0 Å². The van der Waals surface area contributed by atoms with Gasteiger partial charge in [0, 0.05) is 65.4 Å². The molecule has 5 unspecified atom stereocenters. The molecule has 620 valence electrons. The van der Waals surface area contributed by atoms with E-state index in [4.69, 9.17) is 23.7 Å². The van der Waals surface area contributed by atoms with E-state index in [1.807, 2.05) is 0 Å². The summed E-state index contributed by atoms with van der Waals surface area (Å²) in [6.45, 7) is 39.3. The third-order valence-corrected chi connectivity index (χ3v) is 22.5. The standard InChI is InChI=1S/C90H175N5O10/c1-11-21-31-36-56-81(51-26-16-6)86(96)101-76-46-41-61-91(62-42-47-77-102-87(97)82(52-27-17-7)57-37-32-22-12-2)66-68-93(65-45-50-80-105-90(100)85(55-30-20-10)60-40-35-25-15-5)69-71-95-74-72-94(73-75-95)70-67-92(63-43-48-78-103-88(98)83(53-28-18-8)58-38-33-23-13-3)64-44-49-79-104-89(99)84(54-29-19-9)59-39-34-24-14-4/h81-85H,11-80H2,1-10H3. The van der Waals surface area contributed by atoms with Crippen LogP contribution in [0.5, 0.6) is 0 Å². The highest BCUT2D eigenvalue weighted by molar-refractivity contribution is 5.74. The zero-order valence-corrected chi connectivity index (χ0v) is 71.2. The Morgan fingerprint density at radius 1 is 0.219 bits per heavy atom. The van der Waals surface area contributed by atoms with Crippen LogP contribution in [-0.4, -0.2) is 186 Å². The molecule has 1 fully saturated rings. The van der Waals surface area contributed by atoms with Crippen molar-refractivity contribution in [3.05, 3.63) is 0 Å². The number of hydrogen-bond donors (Lipinski definition) is 0. The monoisotopic (exact) mass is 1490 g/mol. The normalized spacial score (nSPS) is 14.4. The second-order valence-electron chi connectivity index (χ2n) is 32.0. The molecule has 0 radical (unpaired) electrons. The SMILES string of the molecule is CCCCCCC(CCCC)C(=O)OCCCCN(CCCCOC(=O)C(CCCC)CCCCCC)CCN(CCCCOC(=O)C(CCCC)CCCCCC)CCN1CCN(CCN(CCCCOC(=O)C(CCCC)CCCCCC)CCCCOC(=O)C(CCCC)CCCCCC)CC1. The molecule has 0 amide bonds. The van der Waals surface area contributed by atoms with Crippen LogP contribution in [0, 0.1) is 29.6 Å². The predicted molar refractivity (Wildman–Crippen MR) is 442 cm³/mol. The van der Waals surface area contributed by atoms with E-state index in [1.165, 1.54) is 96.3 Å². The van der Waals surface area contributed by atoms with Crippen LogP contribution in [-0.2, 0) is 47.7 Å². The molecule has 0 aromatic heterocycles. The van der Waals surface area contributed by atoms with Crippen LogP contribution < -0.4 is 0 Å². The van der Waals surface area contributed by atoms with E-state index in [0.717, 1.165) is 323 Å². The van der Waals surface area contributed by atoms with Crippen molar-refractivity contribution in [1.82, 2.24) is 24.5 Å². The van der Waals surface area contributed by atoms with Crippen LogP contribution in [0.1, 0.15) is 390 Å². The lowest BCUT2D eigenvalue weighted by Crippen LogP contribution is -2.50. The van der Waals surface area contributed by atoms with Crippen molar-refractivity contribution in [1.29, 1.82) is 0 Å². The van der Waals surface area contributed by atoms with Gasteiger partial charge < -0.3 is 38.4 Å². The minimum atomic E-state index is -0.00234. The summed E-state index contributed by atoms with van der Waals surface area (Å²) in [7, 11) is 0. The van der Waals surface area contributed by atoms with Crippen molar-refractivity contribution in [2.75, 3.05) is 131 Å². The van der Waals surface area contributed by atoms with Crippen molar-refractivity contribution in [2.24, 2.45) is 29.6 Å². The highest BCUT2D eigenvalue weighted by Crippen LogP contribution is 2.25.